The fourth-order valence-electron chi connectivity index (χ4n) is 2.72. The van der Waals surface area contributed by atoms with Gasteiger partial charge in [0.15, 0.2) is 6.61 Å². The molecule has 2 unspecified atom stereocenters. The van der Waals surface area contributed by atoms with Crippen molar-refractivity contribution >= 4 is 5.69 Å². The van der Waals surface area contributed by atoms with Crippen LogP contribution in [0, 0.1) is 5.92 Å². The van der Waals surface area contributed by atoms with E-state index >= 15 is 0 Å². The monoisotopic (exact) mass is 301 g/mol. The van der Waals surface area contributed by atoms with Crippen LogP contribution in [0.5, 0.6) is 5.75 Å². The van der Waals surface area contributed by atoms with Crippen LogP contribution in [0.2, 0.25) is 0 Å². The SMILES string of the molecule is CC1CCCC(Nc2ccccc2OCC(F)(F)F)CC1. The largest absolute Gasteiger partial charge is 0.482 e. The van der Waals surface area contributed by atoms with E-state index in [-0.39, 0.29) is 5.75 Å². The van der Waals surface area contributed by atoms with Gasteiger partial charge in [0, 0.05) is 6.04 Å². The van der Waals surface area contributed by atoms with Crippen molar-refractivity contribution in [2.45, 2.75) is 51.2 Å². The van der Waals surface area contributed by atoms with Crippen molar-refractivity contribution in [2.75, 3.05) is 11.9 Å². The standard InChI is InChI=1S/C16H22F3NO/c1-12-5-4-6-13(10-9-12)20-14-7-2-3-8-15(14)21-11-16(17,18)19/h2-3,7-8,12-13,20H,4-6,9-11H2,1H3. The molecule has 0 spiro atoms. The molecule has 5 heteroatoms. The van der Waals surface area contributed by atoms with Gasteiger partial charge in [-0.25, -0.2) is 0 Å². The molecule has 21 heavy (non-hydrogen) atoms. The molecule has 2 nitrogen and oxygen atoms in total. The molecule has 0 radical (unpaired) electrons. The van der Waals surface area contributed by atoms with E-state index in [0.717, 1.165) is 31.6 Å². The molecule has 1 aliphatic carbocycles. The third-order valence-electron chi connectivity index (χ3n) is 3.90. The Kier molecular flexibility index (Phi) is 5.37. The van der Waals surface area contributed by atoms with Crippen molar-refractivity contribution in [1.29, 1.82) is 0 Å². The highest BCUT2D eigenvalue weighted by Gasteiger charge is 2.29. The molecule has 2 rings (SSSR count). The second kappa shape index (κ2) is 7.05. The van der Waals surface area contributed by atoms with Gasteiger partial charge in [0.05, 0.1) is 5.69 Å². The number of ether oxygens (including phenoxy) is 1. The molecule has 118 valence electrons. The van der Waals surface area contributed by atoms with E-state index in [0.29, 0.717) is 11.7 Å². The van der Waals surface area contributed by atoms with E-state index in [1.807, 2.05) is 6.07 Å². The molecule has 0 heterocycles. The first-order valence-corrected chi connectivity index (χ1v) is 7.49. The van der Waals surface area contributed by atoms with Gasteiger partial charge in [0.1, 0.15) is 5.75 Å². The van der Waals surface area contributed by atoms with Crippen molar-refractivity contribution in [3.8, 4) is 5.75 Å². The summed E-state index contributed by atoms with van der Waals surface area (Å²) in [4.78, 5) is 0. The number of halogens is 3. The van der Waals surface area contributed by atoms with Gasteiger partial charge in [-0.05, 0) is 37.3 Å². The molecule has 1 aromatic carbocycles. The van der Waals surface area contributed by atoms with E-state index in [4.69, 9.17) is 4.74 Å². The number of alkyl halides is 3. The van der Waals surface area contributed by atoms with Crippen molar-refractivity contribution < 1.29 is 17.9 Å². The molecule has 1 saturated carbocycles. The maximum atomic E-state index is 12.3. The van der Waals surface area contributed by atoms with Crippen molar-refractivity contribution in [2.24, 2.45) is 5.92 Å². The summed E-state index contributed by atoms with van der Waals surface area (Å²) in [7, 11) is 0. The number of rotatable bonds is 4. The lowest BCUT2D eigenvalue weighted by Crippen LogP contribution is -2.22. The number of hydrogen-bond acceptors (Lipinski definition) is 2. The third-order valence-corrected chi connectivity index (χ3v) is 3.90. The van der Waals surface area contributed by atoms with E-state index in [9.17, 15) is 13.2 Å². The van der Waals surface area contributed by atoms with Crippen LogP contribution in [0.15, 0.2) is 24.3 Å². The minimum Gasteiger partial charge on any atom is -0.482 e. The van der Waals surface area contributed by atoms with Crippen LogP contribution in [0.3, 0.4) is 0 Å². The number of hydrogen-bond donors (Lipinski definition) is 1. The highest BCUT2D eigenvalue weighted by atomic mass is 19.4. The topological polar surface area (TPSA) is 21.3 Å². The number of nitrogens with one attached hydrogen (secondary N) is 1. The minimum atomic E-state index is -4.31. The van der Waals surface area contributed by atoms with Gasteiger partial charge in [-0.3, -0.25) is 0 Å². The maximum Gasteiger partial charge on any atom is 0.422 e. The molecule has 0 amide bonds. The highest BCUT2D eigenvalue weighted by molar-refractivity contribution is 5.56. The molecule has 0 aromatic heterocycles. The van der Waals surface area contributed by atoms with Gasteiger partial charge in [0.2, 0.25) is 0 Å². The third kappa shape index (κ3) is 5.48. The van der Waals surface area contributed by atoms with E-state index < -0.39 is 12.8 Å². The van der Waals surface area contributed by atoms with Gasteiger partial charge < -0.3 is 10.1 Å². The molecule has 2 atom stereocenters. The van der Waals surface area contributed by atoms with Crippen LogP contribution in [0.4, 0.5) is 18.9 Å². The summed E-state index contributed by atoms with van der Waals surface area (Å²) in [6, 6.07) is 7.16. The Bertz CT molecular complexity index is 447. The van der Waals surface area contributed by atoms with Crippen molar-refractivity contribution in [3.05, 3.63) is 24.3 Å². The molecule has 1 aliphatic rings. The van der Waals surface area contributed by atoms with Gasteiger partial charge in [-0.15, -0.1) is 0 Å². The minimum absolute atomic E-state index is 0.270. The van der Waals surface area contributed by atoms with Crippen LogP contribution in [0.25, 0.3) is 0 Å². The Balaban J connectivity index is 1.99. The van der Waals surface area contributed by atoms with Crippen LogP contribution in [-0.2, 0) is 0 Å². The quantitative estimate of drug-likeness (QED) is 0.789. The predicted molar refractivity (Wildman–Crippen MR) is 77.7 cm³/mol. The predicted octanol–water partition coefficient (Wildman–Crippen LogP) is 5.01. The number of para-hydroxylation sites is 2. The summed E-state index contributed by atoms with van der Waals surface area (Å²) in [6.07, 6.45) is 1.33. The summed E-state index contributed by atoms with van der Waals surface area (Å²) >= 11 is 0. The summed E-state index contributed by atoms with van der Waals surface area (Å²) in [5.74, 6) is 1.00. The smallest absolute Gasteiger partial charge is 0.422 e. The zero-order valence-electron chi connectivity index (χ0n) is 12.2. The van der Waals surface area contributed by atoms with Crippen LogP contribution >= 0.6 is 0 Å². The molecular weight excluding hydrogens is 279 g/mol. The van der Waals surface area contributed by atoms with Gasteiger partial charge >= 0.3 is 6.18 Å². The number of benzene rings is 1. The first kappa shape index (κ1) is 16.0. The lowest BCUT2D eigenvalue weighted by molar-refractivity contribution is -0.153. The fourth-order valence-corrected chi connectivity index (χ4v) is 2.72. The van der Waals surface area contributed by atoms with Crippen molar-refractivity contribution in [1.82, 2.24) is 0 Å². The van der Waals surface area contributed by atoms with E-state index in [1.54, 1.807) is 18.2 Å². The maximum absolute atomic E-state index is 12.3. The summed E-state index contributed by atoms with van der Waals surface area (Å²) in [6.45, 7) is 0.996. The molecule has 1 aromatic rings. The van der Waals surface area contributed by atoms with Crippen LogP contribution in [0.1, 0.15) is 39.0 Å². The molecule has 1 N–H and O–H groups in total. The van der Waals surface area contributed by atoms with Gasteiger partial charge in [-0.2, -0.15) is 13.2 Å². The first-order valence-electron chi connectivity index (χ1n) is 7.49. The zero-order valence-corrected chi connectivity index (χ0v) is 12.2. The van der Waals surface area contributed by atoms with Gasteiger partial charge in [0.25, 0.3) is 0 Å². The van der Waals surface area contributed by atoms with Crippen LogP contribution in [-0.4, -0.2) is 18.8 Å². The molecule has 0 saturated heterocycles. The molecular formula is C16H22F3NO. The zero-order chi connectivity index (χ0) is 15.3. The highest BCUT2D eigenvalue weighted by Crippen LogP contribution is 2.30. The van der Waals surface area contributed by atoms with E-state index in [1.165, 1.54) is 6.42 Å². The molecule has 1 fully saturated rings. The second-order valence-corrected chi connectivity index (χ2v) is 5.85. The first-order chi connectivity index (χ1) is 9.94. The summed E-state index contributed by atoms with van der Waals surface area (Å²) in [5, 5.41) is 3.35. The average molecular weight is 301 g/mol. The molecule has 0 bridgehead atoms. The summed E-state index contributed by atoms with van der Waals surface area (Å²) in [5.41, 5.74) is 0.654. The van der Waals surface area contributed by atoms with Crippen molar-refractivity contribution in [3.63, 3.8) is 0 Å². The Labute approximate surface area is 123 Å². The van der Waals surface area contributed by atoms with E-state index in [2.05, 4.69) is 12.2 Å². The molecule has 0 aliphatic heterocycles. The second-order valence-electron chi connectivity index (χ2n) is 5.85. The average Bonchev–Trinajstić information content (AvgIpc) is 2.62. The summed E-state index contributed by atoms with van der Waals surface area (Å²) < 4.78 is 41.8. The Hall–Kier alpha value is -1.39. The fraction of sp³-hybridized carbons (Fsp3) is 0.625. The normalized spacial score (nSPS) is 23.4. The van der Waals surface area contributed by atoms with Crippen LogP contribution < -0.4 is 10.1 Å². The van der Waals surface area contributed by atoms with Gasteiger partial charge in [-0.1, -0.05) is 31.9 Å². The Morgan fingerprint density at radius 2 is 1.90 bits per heavy atom. The lowest BCUT2D eigenvalue weighted by atomic mass is 10.0. The Morgan fingerprint density at radius 1 is 1.14 bits per heavy atom. The number of anilines is 1. The Morgan fingerprint density at radius 3 is 2.67 bits per heavy atom. The lowest BCUT2D eigenvalue weighted by Gasteiger charge is -2.20.